The summed E-state index contributed by atoms with van der Waals surface area (Å²) in [6.07, 6.45) is 7.60. The Hall–Kier alpha value is -3.78. The topological polar surface area (TPSA) is 98.2 Å². The number of nitrogens with one attached hydrogen (secondary N) is 1. The normalized spacial score (nSPS) is 17.9. The van der Waals surface area contributed by atoms with Gasteiger partial charge >= 0.3 is 0 Å². The summed E-state index contributed by atoms with van der Waals surface area (Å²) >= 11 is 0. The van der Waals surface area contributed by atoms with Gasteiger partial charge in [-0.1, -0.05) is 12.1 Å². The maximum absolute atomic E-state index is 13.2. The Bertz CT molecular complexity index is 1360. The number of β-amino-alcohol motifs (C(OH)–C–C–N with tert-alkyl or cyclic N) is 1. The van der Waals surface area contributed by atoms with Crippen molar-refractivity contribution < 1.29 is 9.90 Å². The summed E-state index contributed by atoms with van der Waals surface area (Å²) in [5, 5.41) is 19.8. The Balaban J connectivity index is 1.26. The van der Waals surface area contributed by atoms with E-state index in [1.165, 1.54) is 5.56 Å². The number of anilines is 1. The third kappa shape index (κ3) is 4.81. The van der Waals surface area contributed by atoms with Gasteiger partial charge in [0.15, 0.2) is 0 Å². The van der Waals surface area contributed by atoms with E-state index in [0.717, 1.165) is 52.9 Å². The first-order valence-electron chi connectivity index (χ1n) is 12.3. The summed E-state index contributed by atoms with van der Waals surface area (Å²) in [6.45, 7) is 5.56. The second-order valence-corrected chi connectivity index (χ2v) is 9.92. The number of nitrogens with zero attached hydrogens (tertiary/aromatic N) is 5. The van der Waals surface area contributed by atoms with Crippen molar-refractivity contribution in [3.05, 3.63) is 83.1 Å². The lowest BCUT2D eigenvalue weighted by Crippen LogP contribution is -2.54. The predicted octanol–water partition coefficient (Wildman–Crippen LogP) is 3.66. The van der Waals surface area contributed by atoms with Gasteiger partial charge in [-0.15, -0.1) is 0 Å². The Morgan fingerprint density at radius 1 is 1.17 bits per heavy atom. The molecule has 1 aromatic carbocycles. The van der Waals surface area contributed by atoms with Crippen LogP contribution in [0.15, 0.2) is 55.0 Å². The fraction of sp³-hybridized carbons (Fsp3) is 0.357. The van der Waals surface area contributed by atoms with Crippen LogP contribution >= 0.6 is 0 Å². The molecule has 0 saturated carbocycles. The molecule has 1 saturated heterocycles. The van der Waals surface area contributed by atoms with Crippen LogP contribution in [-0.4, -0.2) is 68.4 Å². The Morgan fingerprint density at radius 3 is 2.72 bits per heavy atom. The van der Waals surface area contributed by atoms with Gasteiger partial charge in [0.1, 0.15) is 0 Å². The number of hydrogen-bond acceptors (Lipinski definition) is 6. The number of carbonyl (C=O) groups is 1. The molecule has 8 nitrogen and oxygen atoms in total. The van der Waals surface area contributed by atoms with Gasteiger partial charge in [-0.2, -0.15) is 5.10 Å². The molecule has 0 spiro atoms. The Kier molecular flexibility index (Phi) is 6.45. The number of benzene rings is 1. The number of aromatic amines is 1. The SMILES string of the molecule is Cc1n[nH]c(C)c1Cc1ccc(C(=O)N(C)CC2(O)CCCN(c3ccnc4ccncc34)C2)cc1. The van der Waals surface area contributed by atoms with Crippen molar-refractivity contribution in [1.82, 2.24) is 25.1 Å². The summed E-state index contributed by atoms with van der Waals surface area (Å²) in [7, 11) is 1.76. The van der Waals surface area contributed by atoms with E-state index in [-0.39, 0.29) is 12.5 Å². The van der Waals surface area contributed by atoms with Crippen LogP contribution in [0.25, 0.3) is 10.9 Å². The third-order valence-corrected chi connectivity index (χ3v) is 7.16. The van der Waals surface area contributed by atoms with Crippen molar-refractivity contribution in [2.45, 2.75) is 38.7 Å². The quantitative estimate of drug-likeness (QED) is 0.433. The highest BCUT2D eigenvalue weighted by Crippen LogP contribution is 2.31. The van der Waals surface area contributed by atoms with Crippen molar-refractivity contribution in [1.29, 1.82) is 0 Å². The lowest BCUT2D eigenvalue weighted by atomic mass is 9.91. The highest BCUT2D eigenvalue weighted by molar-refractivity contribution is 5.94. The lowest BCUT2D eigenvalue weighted by molar-refractivity contribution is 0.0000676. The molecule has 4 heterocycles. The van der Waals surface area contributed by atoms with Crippen LogP contribution in [0.5, 0.6) is 0 Å². The zero-order chi connectivity index (χ0) is 25.3. The van der Waals surface area contributed by atoms with E-state index in [2.05, 4.69) is 25.1 Å². The van der Waals surface area contributed by atoms with Crippen LogP contribution in [0, 0.1) is 13.8 Å². The fourth-order valence-corrected chi connectivity index (χ4v) is 5.24. The molecule has 3 aromatic heterocycles. The summed E-state index contributed by atoms with van der Waals surface area (Å²) in [6, 6.07) is 11.6. The van der Waals surface area contributed by atoms with Crippen LogP contribution in [0.4, 0.5) is 5.69 Å². The number of pyridine rings is 2. The number of aromatic nitrogens is 4. The molecule has 4 aromatic rings. The standard InChI is InChI=1S/C28H32N6O2/c1-19-23(20(2)32-31-19)15-21-5-7-22(8-6-21)27(35)33(3)17-28(36)11-4-14-34(18-28)26-10-13-30-25-9-12-29-16-24(25)26/h5-10,12-13,16,36H,4,11,14-15,17-18H2,1-3H3,(H,31,32). The number of carbonyl (C=O) groups excluding carboxylic acids is 1. The number of aliphatic hydroxyl groups is 1. The Morgan fingerprint density at radius 2 is 1.97 bits per heavy atom. The second-order valence-electron chi connectivity index (χ2n) is 9.92. The molecule has 2 N–H and O–H groups in total. The monoisotopic (exact) mass is 484 g/mol. The smallest absolute Gasteiger partial charge is 0.253 e. The minimum atomic E-state index is -1.00. The Labute approximate surface area is 211 Å². The number of amides is 1. The molecule has 36 heavy (non-hydrogen) atoms. The average Bonchev–Trinajstić information content (AvgIpc) is 3.20. The summed E-state index contributed by atoms with van der Waals surface area (Å²) in [5.41, 5.74) is 5.89. The van der Waals surface area contributed by atoms with E-state index < -0.39 is 5.60 Å². The highest BCUT2D eigenvalue weighted by atomic mass is 16.3. The minimum Gasteiger partial charge on any atom is -0.386 e. The molecule has 1 atom stereocenters. The molecule has 1 amide bonds. The van der Waals surface area contributed by atoms with Crippen molar-refractivity contribution in [2.24, 2.45) is 0 Å². The largest absolute Gasteiger partial charge is 0.386 e. The lowest BCUT2D eigenvalue weighted by Gasteiger charge is -2.42. The number of likely N-dealkylation sites (N-methyl/N-ethyl adjacent to an activating group) is 1. The van der Waals surface area contributed by atoms with Crippen LogP contribution in [-0.2, 0) is 6.42 Å². The van der Waals surface area contributed by atoms with Crippen LogP contribution in [0.2, 0.25) is 0 Å². The van der Waals surface area contributed by atoms with Crippen molar-refractivity contribution in [2.75, 3.05) is 31.6 Å². The maximum atomic E-state index is 13.2. The summed E-state index contributed by atoms with van der Waals surface area (Å²) < 4.78 is 0. The molecular weight excluding hydrogens is 452 g/mol. The van der Waals surface area contributed by atoms with E-state index in [9.17, 15) is 9.90 Å². The van der Waals surface area contributed by atoms with E-state index in [1.54, 1.807) is 24.3 Å². The highest BCUT2D eigenvalue weighted by Gasteiger charge is 2.36. The van der Waals surface area contributed by atoms with Crippen LogP contribution < -0.4 is 4.90 Å². The minimum absolute atomic E-state index is 0.0960. The molecule has 1 unspecified atom stereocenters. The first kappa shape index (κ1) is 23.9. The van der Waals surface area contributed by atoms with Crippen molar-refractivity contribution in [3.63, 3.8) is 0 Å². The first-order valence-corrected chi connectivity index (χ1v) is 12.3. The van der Waals surface area contributed by atoms with Gasteiger partial charge in [0.25, 0.3) is 5.91 Å². The fourth-order valence-electron chi connectivity index (χ4n) is 5.24. The zero-order valence-corrected chi connectivity index (χ0v) is 21.0. The number of rotatable bonds is 6. The van der Waals surface area contributed by atoms with Crippen LogP contribution in [0.3, 0.4) is 0 Å². The van der Waals surface area contributed by atoms with Gasteiger partial charge < -0.3 is 14.9 Å². The third-order valence-electron chi connectivity index (χ3n) is 7.16. The second kappa shape index (κ2) is 9.70. The number of piperidine rings is 1. The van der Waals surface area contributed by atoms with Gasteiger partial charge in [0.05, 0.1) is 23.4 Å². The number of aryl methyl sites for hydroxylation is 2. The maximum Gasteiger partial charge on any atom is 0.253 e. The number of hydrogen-bond donors (Lipinski definition) is 2. The van der Waals surface area contributed by atoms with Gasteiger partial charge in [0, 0.05) is 73.0 Å². The number of fused-ring (bicyclic) bond motifs is 1. The van der Waals surface area contributed by atoms with Gasteiger partial charge in [-0.3, -0.25) is 19.9 Å². The van der Waals surface area contributed by atoms with E-state index in [4.69, 9.17) is 0 Å². The van der Waals surface area contributed by atoms with E-state index >= 15 is 0 Å². The molecule has 1 fully saturated rings. The first-order chi connectivity index (χ1) is 17.3. The predicted molar refractivity (Wildman–Crippen MR) is 140 cm³/mol. The van der Waals surface area contributed by atoms with Crippen LogP contribution in [0.1, 0.15) is 45.7 Å². The van der Waals surface area contributed by atoms with Gasteiger partial charge in [0.2, 0.25) is 0 Å². The van der Waals surface area contributed by atoms with Crippen molar-refractivity contribution in [3.8, 4) is 0 Å². The van der Waals surface area contributed by atoms with Gasteiger partial charge in [-0.05, 0) is 56.5 Å². The molecule has 0 bridgehead atoms. The number of H-pyrrole nitrogens is 1. The van der Waals surface area contributed by atoms with Gasteiger partial charge in [-0.25, -0.2) is 0 Å². The summed E-state index contributed by atoms with van der Waals surface area (Å²) in [5.74, 6) is -0.0960. The van der Waals surface area contributed by atoms with Crippen molar-refractivity contribution >= 4 is 22.5 Å². The molecule has 1 aliphatic rings. The molecule has 1 aliphatic heterocycles. The summed E-state index contributed by atoms with van der Waals surface area (Å²) in [4.78, 5) is 25.7. The molecule has 8 heteroatoms. The zero-order valence-electron chi connectivity index (χ0n) is 21.0. The molecule has 5 rings (SSSR count). The molecule has 186 valence electrons. The average molecular weight is 485 g/mol. The molecular formula is C28H32N6O2. The molecule has 0 aliphatic carbocycles. The van der Waals surface area contributed by atoms with E-state index in [0.29, 0.717) is 18.5 Å². The molecule has 0 radical (unpaired) electrons. The van der Waals surface area contributed by atoms with E-state index in [1.807, 2.05) is 56.4 Å².